The third-order valence-electron chi connectivity index (χ3n) is 5.03. The van der Waals surface area contributed by atoms with Gasteiger partial charge in [0, 0.05) is 24.8 Å². The van der Waals surface area contributed by atoms with E-state index in [0.29, 0.717) is 25.7 Å². The van der Waals surface area contributed by atoms with Crippen molar-refractivity contribution in [1.82, 2.24) is 5.32 Å². The lowest BCUT2D eigenvalue weighted by molar-refractivity contribution is -0.129. The first-order valence-corrected chi connectivity index (χ1v) is 9.32. The van der Waals surface area contributed by atoms with E-state index in [1.54, 1.807) is 0 Å². The topological polar surface area (TPSA) is 92.4 Å². The minimum absolute atomic E-state index is 0. The number of nitrogens with two attached hydrogens (primary N) is 1. The highest BCUT2D eigenvalue weighted by Gasteiger charge is 2.39. The lowest BCUT2D eigenvalue weighted by Crippen LogP contribution is -2.59. The van der Waals surface area contributed by atoms with Crippen LogP contribution in [0.25, 0.3) is 0 Å². The summed E-state index contributed by atoms with van der Waals surface area (Å²) in [5, 5.41) is 13.3. The Morgan fingerprint density at radius 3 is 2.54 bits per heavy atom. The fraction of sp³-hybridized carbons (Fsp3) is 0.600. The monoisotopic (exact) mass is 382 g/mol. The summed E-state index contributed by atoms with van der Waals surface area (Å²) in [6, 6.07) is 9.24. The zero-order chi connectivity index (χ0) is 18.2. The van der Waals surface area contributed by atoms with E-state index < -0.39 is 18.1 Å². The molecule has 0 saturated heterocycles. The zero-order valence-electron chi connectivity index (χ0n) is 15.4. The quantitative estimate of drug-likeness (QED) is 0.643. The van der Waals surface area contributed by atoms with Gasteiger partial charge in [0.1, 0.15) is 5.78 Å². The lowest BCUT2D eigenvalue weighted by Gasteiger charge is -2.38. The summed E-state index contributed by atoms with van der Waals surface area (Å²) in [7, 11) is 0. The molecule has 4 N–H and O–H groups in total. The van der Waals surface area contributed by atoms with E-state index in [-0.39, 0.29) is 30.1 Å². The molecule has 1 aromatic rings. The van der Waals surface area contributed by atoms with Crippen LogP contribution in [0.2, 0.25) is 0 Å². The highest BCUT2D eigenvalue weighted by molar-refractivity contribution is 5.85. The van der Waals surface area contributed by atoms with E-state index in [1.165, 1.54) is 5.56 Å². The summed E-state index contributed by atoms with van der Waals surface area (Å²) in [5.74, 6) is -0.370. The van der Waals surface area contributed by atoms with Crippen molar-refractivity contribution < 1.29 is 14.7 Å². The predicted octanol–water partition coefficient (Wildman–Crippen LogP) is 2.38. The second-order valence-electron chi connectivity index (χ2n) is 6.98. The number of halogens is 1. The van der Waals surface area contributed by atoms with E-state index in [1.807, 2.05) is 25.1 Å². The normalized spacial score (nSPS) is 25.2. The number of nitrogens with one attached hydrogen (secondary N) is 1. The summed E-state index contributed by atoms with van der Waals surface area (Å²) in [5.41, 5.74) is 7.32. The average molecular weight is 383 g/mol. The molecule has 26 heavy (non-hydrogen) atoms. The molecule has 1 amide bonds. The van der Waals surface area contributed by atoms with Gasteiger partial charge in [-0.05, 0) is 37.7 Å². The SMILES string of the molecule is CCCC(=O)NC1CCC(C(=O)CCCc2ccccc2)C(O)[C@@H]1N.Cl. The van der Waals surface area contributed by atoms with Crippen molar-refractivity contribution in [2.45, 2.75) is 70.1 Å². The van der Waals surface area contributed by atoms with Crippen LogP contribution in [0.4, 0.5) is 0 Å². The molecule has 1 aliphatic rings. The summed E-state index contributed by atoms with van der Waals surface area (Å²) >= 11 is 0. The van der Waals surface area contributed by atoms with Gasteiger partial charge in [0.15, 0.2) is 0 Å². The van der Waals surface area contributed by atoms with Crippen LogP contribution in [0.5, 0.6) is 0 Å². The third-order valence-corrected chi connectivity index (χ3v) is 5.03. The number of carbonyl (C=O) groups excluding carboxylic acids is 2. The second kappa shape index (κ2) is 11.3. The molecule has 1 fully saturated rings. The largest absolute Gasteiger partial charge is 0.391 e. The minimum atomic E-state index is -0.884. The molecule has 5 nitrogen and oxygen atoms in total. The van der Waals surface area contributed by atoms with Gasteiger partial charge < -0.3 is 16.2 Å². The third kappa shape index (κ3) is 6.38. The summed E-state index contributed by atoms with van der Waals surface area (Å²) < 4.78 is 0. The van der Waals surface area contributed by atoms with E-state index >= 15 is 0 Å². The molecule has 0 heterocycles. The fourth-order valence-electron chi connectivity index (χ4n) is 3.55. The van der Waals surface area contributed by atoms with Crippen molar-refractivity contribution in [3.05, 3.63) is 35.9 Å². The van der Waals surface area contributed by atoms with Crippen LogP contribution in [-0.2, 0) is 16.0 Å². The Labute approximate surface area is 162 Å². The molecule has 0 aromatic heterocycles. The van der Waals surface area contributed by atoms with Gasteiger partial charge in [-0.1, -0.05) is 37.3 Å². The van der Waals surface area contributed by atoms with Gasteiger partial charge in [-0.25, -0.2) is 0 Å². The first-order chi connectivity index (χ1) is 12.0. The zero-order valence-corrected chi connectivity index (χ0v) is 16.2. The minimum Gasteiger partial charge on any atom is -0.391 e. The van der Waals surface area contributed by atoms with Gasteiger partial charge >= 0.3 is 0 Å². The van der Waals surface area contributed by atoms with Gasteiger partial charge in [-0.3, -0.25) is 9.59 Å². The summed E-state index contributed by atoms with van der Waals surface area (Å²) in [6.45, 7) is 1.94. The van der Waals surface area contributed by atoms with Crippen molar-refractivity contribution in [1.29, 1.82) is 0 Å². The van der Waals surface area contributed by atoms with Crippen molar-refractivity contribution in [2.75, 3.05) is 0 Å². The smallest absolute Gasteiger partial charge is 0.220 e. The number of aliphatic hydroxyl groups excluding tert-OH is 1. The number of rotatable bonds is 8. The van der Waals surface area contributed by atoms with Gasteiger partial charge in [0.05, 0.1) is 12.1 Å². The van der Waals surface area contributed by atoms with Crippen molar-refractivity contribution in [3.63, 3.8) is 0 Å². The van der Waals surface area contributed by atoms with E-state index in [4.69, 9.17) is 5.73 Å². The Morgan fingerprint density at radius 2 is 1.88 bits per heavy atom. The van der Waals surface area contributed by atoms with Crippen LogP contribution in [0, 0.1) is 5.92 Å². The molecule has 1 saturated carbocycles. The van der Waals surface area contributed by atoms with E-state index in [0.717, 1.165) is 19.3 Å². The lowest BCUT2D eigenvalue weighted by atomic mass is 9.77. The van der Waals surface area contributed by atoms with Crippen LogP contribution in [0.1, 0.15) is 51.0 Å². The number of hydrogen-bond donors (Lipinski definition) is 3. The Hall–Kier alpha value is -1.43. The average Bonchev–Trinajstić information content (AvgIpc) is 2.60. The molecule has 0 spiro atoms. The van der Waals surface area contributed by atoms with Crippen molar-refractivity contribution in [2.24, 2.45) is 11.7 Å². The first kappa shape index (κ1) is 22.6. The van der Waals surface area contributed by atoms with Crippen molar-refractivity contribution >= 4 is 24.1 Å². The summed E-state index contributed by atoms with van der Waals surface area (Å²) in [6.07, 6.45) is 3.66. The molecule has 146 valence electrons. The van der Waals surface area contributed by atoms with Gasteiger partial charge in [-0.15, -0.1) is 12.4 Å². The number of ketones is 1. The number of hydrogen-bond acceptors (Lipinski definition) is 4. The Bertz CT molecular complexity index is 567. The number of carbonyl (C=O) groups is 2. The van der Waals surface area contributed by atoms with Crippen LogP contribution in [-0.4, -0.2) is 35.0 Å². The molecule has 0 bridgehead atoms. The maximum absolute atomic E-state index is 12.5. The maximum Gasteiger partial charge on any atom is 0.220 e. The highest BCUT2D eigenvalue weighted by atomic mass is 35.5. The molecular formula is C20H31ClN2O3. The van der Waals surface area contributed by atoms with Gasteiger partial charge in [-0.2, -0.15) is 0 Å². The maximum atomic E-state index is 12.5. The number of benzene rings is 1. The first-order valence-electron chi connectivity index (χ1n) is 9.32. The molecule has 0 aliphatic heterocycles. The van der Waals surface area contributed by atoms with Gasteiger partial charge in [0.2, 0.25) is 5.91 Å². The van der Waals surface area contributed by atoms with Crippen LogP contribution >= 0.6 is 12.4 Å². The summed E-state index contributed by atoms with van der Waals surface area (Å²) in [4.78, 5) is 24.2. The number of Topliss-reactive ketones (excluding diaryl/α,β-unsaturated/α-hetero) is 1. The fourth-order valence-corrected chi connectivity index (χ4v) is 3.55. The highest BCUT2D eigenvalue weighted by Crippen LogP contribution is 2.27. The Morgan fingerprint density at radius 1 is 1.19 bits per heavy atom. The van der Waals surface area contributed by atoms with Crippen molar-refractivity contribution in [3.8, 4) is 0 Å². The Kier molecular flexibility index (Phi) is 9.84. The molecule has 1 aliphatic carbocycles. The molecule has 2 rings (SSSR count). The predicted molar refractivity (Wildman–Crippen MR) is 105 cm³/mol. The van der Waals surface area contributed by atoms with Crippen LogP contribution in [0.3, 0.4) is 0 Å². The van der Waals surface area contributed by atoms with Crippen LogP contribution in [0.15, 0.2) is 30.3 Å². The molecule has 0 radical (unpaired) electrons. The molecule has 3 unspecified atom stereocenters. The molecule has 1 aromatic carbocycles. The standard InChI is InChI=1S/C20H30N2O3.ClH/c1-2-7-18(24)22-16-13-12-15(20(25)19(16)21)17(23)11-6-10-14-8-4-3-5-9-14;/h3-5,8-9,15-16,19-20,25H,2,6-7,10-13,21H2,1H3,(H,22,24);1H/t15?,16?,19-,20?;/m1./s1. The second-order valence-corrected chi connectivity index (χ2v) is 6.98. The van der Waals surface area contributed by atoms with Gasteiger partial charge in [0.25, 0.3) is 0 Å². The number of aryl methyl sites for hydroxylation is 1. The van der Waals surface area contributed by atoms with E-state index in [9.17, 15) is 14.7 Å². The molecule has 4 atom stereocenters. The number of aliphatic hydroxyl groups is 1. The molecule has 6 heteroatoms. The van der Waals surface area contributed by atoms with E-state index in [2.05, 4.69) is 17.4 Å². The van der Waals surface area contributed by atoms with Crippen LogP contribution < -0.4 is 11.1 Å². The Balaban J connectivity index is 0.00000338. The molecular weight excluding hydrogens is 352 g/mol. The number of amides is 1.